The topological polar surface area (TPSA) is 58.4 Å². The summed E-state index contributed by atoms with van der Waals surface area (Å²) in [6.45, 7) is 4.14. The van der Waals surface area contributed by atoms with Crippen molar-refractivity contribution in [2.75, 3.05) is 31.1 Å². The smallest absolute Gasteiger partial charge is 0.248 e. The Morgan fingerprint density at radius 2 is 1.71 bits per heavy atom. The van der Waals surface area contributed by atoms with Crippen molar-refractivity contribution in [2.24, 2.45) is 5.73 Å². The van der Waals surface area contributed by atoms with Gasteiger partial charge in [-0.1, -0.05) is 24.3 Å². The van der Waals surface area contributed by atoms with Crippen LogP contribution in [-0.4, -0.2) is 32.1 Å². The Morgan fingerprint density at radius 3 is 2.38 bits per heavy atom. The molecule has 0 saturated carbocycles. The molecule has 2 aromatic rings. The largest absolute Gasteiger partial charge is 0.369 e. The summed E-state index contributed by atoms with van der Waals surface area (Å²) in [6.07, 6.45) is 0. The molecule has 1 aliphatic heterocycles. The summed E-state index contributed by atoms with van der Waals surface area (Å²) >= 11 is 0. The van der Waals surface area contributed by atoms with E-state index in [1.54, 1.807) is 6.07 Å². The van der Waals surface area contributed by atoms with E-state index >= 15 is 0 Å². The quantitative estimate of drug-likeness (QED) is 0.903. The second kappa shape index (κ2) is 5.97. The highest BCUT2D eigenvalue weighted by atomic mass is 16.1. The lowest BCUT2D eigenvalue weighted by Crippen LogP contribution is -2.43. The average Bonchev–Trinajstić information content (AvgIpc) is 2.56. The molecule has 0 unspecified atom stereocenters. The first-order chi connectivity index (χ1) is 10.2. The SMILES string of the molecule is NC(=O)c1cccc(-c2ccc(N3CCNCC3)cc2)c1. The van der Waals surface area contributed by atoms with E-state index in [4.69, 9.17) is 5.73 Å². The molecule has 2 aromatic carbocycles. The number of primary amides is 1. The van der Waals surface area contributed by atoms with Crippen LogP contribution in [0.5, 0.6) is 0 Å². The Morgan fingerprint density at radius 1 is 1.00 bits per heavy atom. The van der Waals surface area contributed by atoms with Gasteiger partial charge in [0.2, 0.25) is 5.91 Å². The molecular weight excluding hydrogens is 262 g/mol. The molecule has 4 nitrogen and oxygen atoms in total. The van der Waals surface area contributed by atoms with Gasteiger partial charge in [-0.25, -0.2) is 0 Å². The van der Waals surface area contributed by atoms with Gasteiger partial charge in [0.25, 0.3) is 0 Å². The third-order valence-corrected chi connectivity index (χ3v) is 3.83. The number of nitrogens with one attached hydrogen (secondary N) is 1. The maximum atomic E-state index is 11.3. The number of carbonyl (C=O) groups excluding carboxylic acids is 1. The Kier molecular flexibility index (Phi) is 3.88. The van der Waals surface area contributed by atoms with Gasteiger partial charge in [-0.05, 0) is 35.4 Å². The fraction of sp³-hybridized carbons (Fsp3) is 0.235. The number of anilines is 1. The highest BCUT2D eigenvalue weighted by Gasteiger charge is 2.10. The van der Waals surface area contributed by atoms with Crippen molar-refractivity contribution in [1.29, 1.82) is 0 Å². The van der Waals surface area contributed by atoms with Crippen molar-refractivity contribution in [2.45, 2.75) is 0 Å². The maximum Gasteiger partial charge on any atom is 0.248 e. The van der Waals surface area contributed by atoms with Crippen molar-refractivity contribution in [1.82, 2.24) is 5.32 Å². The Labute approximate surface area is 124 Å². The Bertz CT molecular complexity index is 631. The Hall–Kier alpha value is -2.33. The molecule has 108 valence electrons. The molecule has 1 aliphatic rings. The zero-order valence-corrected chi connectivity index (χ0v) is 11.9. The monoisotopic (exact) mass is 281 g/mol. The van der Waals surface area contributed by atoms with E-state index in [1.165, 1.54) is 5.69 Å². The molecule has 1 heterocycles. The zero-order valence-electron chi connectivity index (χ0n) is 11.9. The van der Waals surface area contributed by atoms with E-state index in [9.17, 15) is 4.79 Å². The third kappa shape index (κ3) is 3.06. The summed E-state index contributed by atoms with van der Waals surface area (Å²) < 4.78 is 0. The fourth-order valence-corrected chi connectivity index (χ4v) is 2.64. The highest BCUT2D eigenvalue weighted by Crippen LogP contribution is 2.24. The molecule has 0 spiro atoms. The summed E-state index contributed by atoms with van der Waals surface area (Å²) in [5.74, 6) is -0.394. The van der Waals surface area contributed by atoms with Crippen LogP contribution in [0, 0.1) is 0 Å². The summed E-state index contributed by atoms with van der Waals surface area (Å²) in [6, 6.07) is 15.9. The molecule has 3 rings (SSSR count). The van der Waals surface area contributed by atoms with Gasteiger partial charge in [0.15, 0.2) is 0 Å². The molecule has 0 aromatic heterocycles. The van der Waals surface area contributed by atoms with Crippen LogP contribution in [0.25, 0.3) is 11.1 Å². The number of hydrogen-bond acceptors (Lipinski definition) is 3. The van der Waals surface area contributed by atoms with E-state index in [2.05, 4.69) is 34.5 Å². The van der Waals surface area contributed by atoms with E-state index in [1.807, 2.05) is 18.2 Å². The molecule has 1 amide bonds. The van der Waals surface area contributed by atoms with Crippen molar-refractivity contribution < 1.29 is 4.79 Å². The lowest BCUT2D eigenvalue weighted by atomic mass is 10.0. The van der Waals surface area contributed by atoms with Crippen LogP contribution in [0.2, 0.25) is 0 Å². The number of benzene rings is 2. The maximum absolute atomic E-state index is 11.3. The lowest BCUT2D eigenvalue weighted by molar-refractivity contribution is 0.100. The molecule has 4 heteroatoms. The van der Waals surface area contributed by atoms with E-state index in [-0.39, 0.29) is 0 Å². The lowest BCUT2D eigenvalue weighted by Gasteiger charge is -2.29. The van der Waals surface area contributed by atoms with Crippen LogP contribution >= 0.6 is 0 Å². The van der Waals surface area contributed by atoms with Crippen molar-refractivity contribution in [3.05, 3.63) is 54.1 Å². The molecule has 1 saturated heterocycles. The standard InChI is InChI=1S/C17H19N3O/c18-17(21)15-3-1-2-14(12-15)13-4-6-16(7-5-13)20-10-8-19-9-11-20/h1-7,12,19H,8-11H2,(H2,18,21). The molecule has 0 aliphatic carbocycles. The first kappa shape index (κ1) is 13.6. The third-order valence-electron chi connectivity index (χ3n) is 3.83. The second-order valence-electron chi connectivity index (χ2n) is 5.23. The van der Waals surface area contributed by atoms with Crippen molar-refractivity contribution in [3.63, 3.8) is 0 Å². The first-order valence-corrected chi connectivity index (χ1v) is 7.20. The number of amides is 1. The van der Waals surface area contributed by atoms with Gasteiger partial charge in [0, 0.05) is 37.4 Å². The van der Waals surface area contributed by atoms with Crippen LogP contribution < -0.4 is 16.0 Å². The minimum absolute atomic E-state index is 0.394. The van der Waals surface area contributed by atoms with Crippen molar-refractivity contribution in [3.8, 4) is 11.1 Å². The average molecular weight is 281 g/mol. The Balaban J connectivity index is 1.83. The number of rotatable bonds is 3. The molecule has 0 bridgehead atoms. The number of carbonyl (C=O) groups is 1. The van der Waals surface area contributed by atoms with Crippen LogP contribution in [0.15, 0.2) is 48.5 Å². The van der Waals surface area contributed by atoms with Gasteiger partial charge in [0.05, 0.1) is 0 Å². The van der Waals surface area contributed by atoms with Gasteiger partial charge in [-0.2, -0.15) is 0 Å². The summed E-state index contributed by atoms with van der Waals surface area (Å²) in [4.78, 5) is 13.6. The van der Waals surface area contributed by atoms with Crippen LogP contribution in [0.3, 0.4) is 0 Å². The van der Waals surface area contributed by atoms with Gasteiger partial charge in [-0.15, -0.1) is 0 Å². The predicted molar refractivity (Wildman–Crippen MR) is 85.5 cm³/mol. The summed E-state index contributed by atoms with van der Waals surface area (Å²) in [7, 11) is 0. The minimum atomic E-state index is -0.394. The molecule has 21 heavy (non-hydrogen) atoms. The van der Waals surface area contributed by atoms with E-state index < -0.39 is 5.91 Å². The molecular formula is C17H19N3O. The van der Waals surface area contributed by atoms with E-state index in [0.29, 0.717) is 5.56 Å². The number of hydrogen-bond donors (Lipinski definition) is 2. The van der Waals surface area contributed by atoms with Crippen LogP contribution in [0.1, 0.15) is 10.4 Å². The molecule has 1 fully saturated rings. The molecule has 0 radical (unpaired) electrons. The predicted octanol–water partition coefficient (Wildman–Crippen LogP) is 1.86. The summed E-state index contributed by atoms with van der Waals surface area (Å²) in [5, 5.41) is 3.35. The second-order valence-corrected chi connectivity index (χ2v) is 5.23. The van der Waals surface area contributed by atoms with Crippen molar-refractivity contribution >= 4 is 11.6 Å². The summed E-state index contributed by atoms with van der Waals surface area (Å²) in [5.41, 5.74) is 9.22. The van der Waals surface area contributed by atoms with Gasteiger partial charge >= 0.3 is 0 Å². The van der Waals surface area contributed by atoms with E-state index in [0.717, 1.165) is 37.3 Å². The highest BCUT2D eigenvalue weighted by molar-refractivity contribution is 5.94. The van der Waals surface area contributed by atoms with Gasteiger partial charge in [0.1, 0.15) is 0 Å². The number of nitrogens with two attached hydrogens (primary N) is 1. The normalized spacial score (nSPS) is 15.0. The van der Waals surface area contributed by atoms with Crippen LogP contribution in [-0.2, 0) is 0 Å². The fourth-order valence-electron chi connectivity index (χ4n) is 2.64. The number of piperazine rings is 1. The van der Waals surface area contributed by atoms with Gasteiger partial charge in [-0.3, -0.25) is 4.79 Å². The van der Waals surface area contributed by atoms with Crippen LogP contribution in [0.4, 0.5) is 5.69 Å². The molecule has 0 atom stereocenters. The minimum Gasteiger partial charge on any atom is -0.369 e. The number of nitrogens with zero attached hydrogens (tertiary/aromatic N) is 1. The zero-order chi connectivity index (χ0) is 14.7. The van der Waals surface area contributed by atoms with Gasteiger partial charge < -0.3 is 16.0 Å². The molecule has 3 N–H and O–H groups in total. The first-order valence-electron chi connectivity index (χ1n) is 7.20.